The zero-order valence-corrected chi connectivity index (χ0v) is 13.7. The first-order valence-electron chi connectivity index (χ1n) is 8.47. The van der Waals surface area contributed by atoms with Crippen LogP contribution in [-0.4, -0.2) is 48.1 Å². The molecule has 0 aromatic heterocycles. The van der Waals surface area contributed by atoms with Gasteiger partial charge in [0.1, 0.15) is 0 Å². The number of piperazine rings is 1. The Morgan fingerprint density at radius 1 is 1.00 bits per heavy atom. The highest BCUT2D eigenvalue weighted by molar-refractivity contribution is 4.90. The van der Waals surface area contributed by atoms with Crippen molar-refractivity contribution >= 4 is 0 Å². The maximum Gasteiger partial charge on any atom is 0.0223 e. The van der Waals surface area contributed by atoms with Crippen LogP contribution in [0.5, 0.6) is 0 Å². The van der Waals surface area contributed by atoms with E-state index in [9.17, 15) is 0 Å². The van der Waals surface area contributed by atoms with E-state index in [1.165, 1.54) is 45.4 Å². The van der Waals surface area contributed by atoms with Crippen molar-refractivity contribution in [3.05, 3.63) is 0 Å². The Balaban J connectivity index is 1.95. The number of piperidine rings is 1. The number of rotatable bonds is 4. The summed E-state index contributed by atoms with van der Waals surface area (Å²) in [4.78, 5) is 5.54. The van der Waals surface area contributed by atoms with Crippen LogP contribution in [0.4, 0.5) is 0 Å². The summed E-state index contributed by atoms with van der Waals surface area (Å²) in [5.41, 5.74) is 0. The van der Waals surface area contributed by atoms with Gasteiger partial charge < -0.3 is 0 Å². The number of nitrogens with zero attached hydrogens (tertiary/aromatic N) is 2. The molecule has 2 heterocycles. The molecule has 0 N–H and O–H groups in total. The minimum Gasteiger partial charge on any atom is -0.298 e. The number of hydrogen-bond acceptors (Lipinski definition) is 2. The Hall–Kier alpha value is -0.0800. The largest absolute Gasteiger partial charge is 0.298 e. The van der Waals surface area contributed by atoms with Gasteiger partial charge in [0, 0.05) is 31.7 Å². The summed E-state index contributed by atoms with van der Waals surface area (Å²) in [5, 5.41) is 0. The van der Waals surface area contributed by atoms with Crippen molar-refractivity contribution in [2.75, 3.05) is 26.2 Å². The van der Waals surface area contributed by atoms with E-state index in [0.29, 0.717) is 0 Å². The standard InChI is InChI=1S/C17H34N2/c1-13(2)17(14(3)4)12-19-11-16-8-6-7-9-18(16)10-15(19)5/h13-17H,6-12H2,1-5H3. The highest BCUT2D eigenvalue weighted by Gasteiger charge is 2.34. The predicted molar refractivity (Wildman–Crippen MR) is 83.4 cm³/mol. The van der Waals surface area contributed by atoms with Gasteiger partial charge in [0.25, 0.3) is 0 Å². The normalized spacial score (nSPS) is 30.3. The first-order valence-corrected chi connectivity index (χ1v) is 8.47. The third-order valence-electron chi connectivity index (χ3n) is 5.47. The Kier molecular flexibility index (Phi) is 5.30. The van der Waals surface area contributed by atoms with Gasteiger partial charge in [0.2, 0.25) is 0 Å². The van der Waals surface area contributed by atoms with E-state index >= 15 is 0 Å². The first-order chi connectivity index (χ1) is 8.99. The van der Waals surface area contributed by atoms with Crippen molar-refractivity contribution < 1.29 is 0 Å². The van der Waals surface area contributed by atoms with Crippen LogP contribution in [0.2, 0.25) is 0 Å². The quantitative estimate of drug-likeness (QED) is 0.769. The topological polar surface area (TPSA) is 6.48 Å². The molecule has 2 fully saturated rings. The van der Waals surface area contributed by atoms with Crippen molar-refractivity contribution in [2.24, 2.45) is 17.8 Å². The minimum atomic E-state index is 0.745. The lowest BCUT2D eigenvalue weighted by Gasteiger charge is -2.49. The van der Waals surface area contributed by atoms with Crippen LogP contribution in [0.1, 0.15) is 53.9 Å². The zero-order chi connectivity index (χ0) is 14.0. The molecular weight excluding hydrogens is 232 g/mol. The van der Waals surface area contributed by atoms with Crippen molar-refractivity contribution in [2.45, 2.75) is 66.0 Å². The van der Waals surface area contributed by atoms with Crippen LogP contribution in [-0.2, 0) is 0 Å². The van der Waals surface area contributed by atoms with E-state index < -0.39 is 0 Å². The van der Waals surface area contributed by atoms with Gasteiger partial charge in [-0.05, 0) is 44.1 Å². The van der Waals surface area contributed by atoms with Gasteiger partial charge >= 0.3 is 0 Å². The molecule has 2 nitrogen and oxygen atoms in total. The fourth-order valence-electron chi connectivity index (χ4n) is 4.13. The summed E-state index contributed by atoms with van der Waals surface area (Å²) in [6.07, 6.45) is 4.29. The number of hydrogen-bond donors (Lipinski definition) is 0. The van der Waals surface area contributed by atoms with Crippen LogP contribution in [0, 0.1) is 17.8 Å². The average Bonchev–Trinajstić information content (AvgIpc) is 2.35. The molecule has 2 heteroatoms. The van der Waals surface area contributed by atoms with Gasteiger partial charge in [-0.2, -0.15) is 0 Å². The number of fused-ring (bicyclic) bond motifs is 1. The second-order valence-corrected chi connectivity index (χ2v) is 7.60. The van der Waals surface area contributed by atoms with Crippen molar-refractivity contribution in [3.8, 4) is 0 Å². The molecule has 0 aromatic rings. The molecule has 2 unspecified atom stereocenters. The zero-order valence-electron chi connectivity index (χ0n) is 13.7. The SMILES string of the molecule is CC(C)C(CN1CC2CCCCN2CC1C)C(C)C. The van der Waals surface area contributed by atoms with Crippen LogP contribution in [0.3, 0.4) is 0 Å². The first kappa shape index (κ1) is 15.3. The molecule has 112 valence electrons. The predicted octanol–water partition coefficient (Wildman–Crippen LogP) is 3.47. The molecule has 2 aliphatic rings. The summed E-state index contributed by atoms with van der Waals surface area (Å²) in [6.45, 7) is 17.3. The van der Waals surface area contributed by atoms with E-state index in [0.717, 1.165) is 29.8 Å². The summed E-state index contributed by atoms with van der Waals surface area (Å²) < 4.78 is 0. The Morgan fingerprint density at radius 2 is 1.68 bits per heavy atom. The van der Waals surface area contributed by atoms with Crippen LogP contribution in [0.15, 0.2) is 0 Å². The van der Waals surface area contributed by atoms with Gasteiger partial charge in [-0.3, -0.25) is 9.80 Å². The van der Waals surface area contributed by atoms with E-state index in [1.807, 2.05) is 0 Å². The molecule has 2 rings (SSSR count). The van der Waals surface area contributed by atoms with Crippen LogP contribution >= 0.6 is 0 Å². The van der Waals surface area contributed by atoms with Crippen LogP contribution < -0.4 is 0 Å². The van der Waals surface area contributed by atoms with Crippen molar-refractivity contribution in [1.82, 2.24) is 9.80 Å². The highest BCUT2D eigenvalue weighted by atomic mass is 15.3. The summed E-state index contributed by atoms with van der Waals surface area (Å²) in [6, 6.07) is 1.60. The summed E-state index contributed by atoms with van der Waals surface area (Å²) in [5.74, 6) is 2.45. The maximum atomic E-state index is 2.79. The van der Waals surface area contributed by atoms with E-state index in [-0.39, 0.29) is 0 Å². The average molecular weight is 266 g/mol. The fourth-order valence-corrected chi connectivity index (χ4v) is 4.13. The Morgan fingerprint density at radius 3 is 2.32 bits per heavy atom. The monoisotopic (exact) mass is 266 g/mol. The molecule has 0 bridgehead atoms. The lowest BCUT2D eigenvalue weighted by atomic mass is 9.84. The minimum absolute atomic E-state index is 0.745. The molecule has 0 saturated carbocycles. The van der Waals surface area contributed by atoms with Gasteiger partial charge in [-0.15, -0.1) is 0 Å². The molecule has 0 radical (unpaired) electrons. The van der Waals surface area contributed by atoms with Crippen LogP contribution in [0.25, 0.3) is 0 Å². The van der Waals surface area contributed by atoms with Crippen molar-refractivity contribution in [3.63, 3.8) is 0 Å². The Labute approximate surface area is 120 Å². The molecule has 2 atom stereocenters. The molecular formula is C17H34N2. The Bertz CT molecular complexity index is 266. The van der Waals surface area contributed by atoms with E-state index in [2.05, 4.69) is 44.4 Å². The summed E-state index contributed by atoms with van der Waals surface area (Å²) >= 11 is 0. The van der Waals surface area contributed by atoms with Gasteiger partial charge in [0.05, 0.1) is 0 Å². The van der Waals surface area contributed by atoms with Gasteiger partial charge in [0.15, 0.2) is 0 Å². The maximum absolute atomic E-state index is 2.79. The third kappa shape index (κ3) is 3.72. The fraction of sp³-hybridized carbons (Fsp3) is 1.00. The molecule has 2 saturated heterocycles. The molecule has 19 heavy (non-hydrogen) atoms. The lowest BCUT2D eigenvalue weighted by molar-refractivity contribution is -0.000464. The lowest BCUT2D eigenvalue weighted by Crippen LogP contribution is -2.59. The molecule has 0 aliphatic carbocycles. The second kappa shape index (κ2) is 6.58. The van der Waals surface area contributed by atoms with E-state index in [4.69, 9.17) is 0 Å². The molecule has 2 aliphatic heterocycles. The molecule has 0 spiro atoms. The molecule has 0 aromatic carbocycles. The third-order valence-corrected chi connectivity index (χ3v) is 5.47. The van der Waals surface area contributed by atoms with E-state index in [1.54, 1.807) is 0 Å². The second-order valence-electron chi connectivity index (χ2n) is 7.60. The highest BCUT2D eigenvalue weighted by Crippen LogP contribution is 2.28. The van der Waals surface area contributed by atoms with Gasteiger partial charge in [-0.25, -0.2) is 0 Å². The van der Waals surface area contributed by atoms with Gasteiger partial charge in [-0.1, -0.05) is 34.1 Å². The smallest absolute Gasteiger partial charge is 0.0223 e. The van der Waals surface area contributed by atoms with Crippen molar-refractivity contribution in [1.29, 1.82) is 0 Å². The molecule has 0 amide bonds. The summed E-state index contributed by atoms with van der Waals surface area (Å²) in [7, 11) is 0.